The van der Waals surface area contributed by atoms with E-state index < -0.39 is 17.6 Å². The Bertz CT molecular complexity index is 595. The molecule has 0 spiro atoms. The van der Waals surface area contributed by atoms with Gasteiger partial charge in [-0.25, -0.2) is 4.98 Å². The molecular weight excluding hydrogens is 383 g/mol. The van der Waals surface area contributed by atoms with Crippen molar-refractivity contribution in [1.82, 2.24) is 19.7 Å². The van der Waals surface area contributed by atoms with Crippen LogP contribution in [0.25, 0.3) is 5.82 Å². The fraction of sp³-hybridized carbons (Fsp3) is 0.125. The number of hydrogen-bond donors (Lipinski definition) is 1. The van der Waals surface area contributed by atoms with Gasteiger partial charge in [0.25, 0.3) is 0 Å². The van der Waals surface area contributed by atoms with Gasteiger partial charge in [0.05, 0.1) is 0 Å². The van der Waals surface area contributed by atoms with Crippen LogP contribution in [0.15, 0.2) is 21.5 Å². The molecule has 0 saturated carbocycles. The summed E-state index contributed by atoms with van der Waals surface area (Å²) in [6, 6.07) is 0.909. The lowest BCUT2D eigenvalue weighted by Gasteiger charge is -2.12. The van der Waals surface area contributed by atoms with Crippen molar-refractivity contribution in [3.05, 3.63) is 27.0 Å². The second kappa shape index (κ2) is 4.50. The Balaban J connectivity index is 2.68. The quantitative estimate of drug-likeness (QED) is 0.818. The smallest absolute Gasteiger partial charge is 0.366 e. The van der Waals surface area contributed by atoms with Gasteiger partial charge in [0.1, 0.15) is 5.56 Å². The average molecular weight is 387 g/mol. The van der Waals surface area contributed by atoms with Crippen LogP contribution in [0.5, 0.6) is 0 Å². The van der Waals surface area contributed by atoms with Crippen LogP contribution in [0.3, 0.4) is 0 Å². The molecule has 0 unspecified atom stereocenters. The molecule has 0 fully saturated rings. The maximum absolute atomic E-state index is 12.9. The zero-order valence-electron chi connectivity index (χ0n) is 8.41. The van der Waals surface area contributed by atoms with E-state index in [0.717, 1.165) is 10.7 Å². The van der Waals surface area contributed by atoms with E-state index in [2.05, 4.69) is 46.9 Å². The molecule has 2 rings (SSSR count). The third-order valence-corrected chi connectivity index (χ3v) is 2.87. The van der Waals surface area contributed by atoms with Crippen molar-refractivity contribution >= 4 is 37.8 Å². The monoisotopic (exact) mass is 385 g/mol. The van der Waals surface area contributed by atoms with Crippen molar-refractivity contribution < 1.29 is 13.2 Å². The molecule has 0 bridgehead atoms. The standard InChI is InChI=1S/C8H4Br2F3N5/c9-3-1-4(8(11,12)13)5(15-2-3)18-6(10)16-7(14)17-18/h1-2H,(H2,14,17). The summed E-state index contributed by atoms with van der Waals surface area (Å²) in [5.74, 6) is -0.554. The first kappa shape index (κ1) is 13.3. The molecule has 2 heterocycles. The maximum Gasteiger partial charge on any atom is 0.420 e. The van der Waals surface area contributed by atoms with E-state index in [-0.39, 0.29) is 15.2 Å². The number of hydrogen-bond acceptors (Lipinski definition) is 4. The van der Waals surface area contributed by atoms with Gasteiger partial charge in [0.2, 0.25) is 10.7 Å². The number of anilines is 1. The Morgan fingerprint density at radius 3 is 2.44 bits per heavy atom. The fourth-order valence-corrected chi connectivity index (χ4v) is 2.01. The number of pyridine rings is 1. The van der Waals surface area contributed by atoms with Gasteiger partial charge < -0.3 is 5.73 Å². The number of halogens is 5. The van der Waals surface area contributed by atoms with Crippen molar-refractivity contribution in [3.8, 4) is 5.82 Å². The van der Waals surface area contributed by atoms with Crippen LogP contribution in [0.4, 0.5) is 19.1 Å². The van der Waals surface area contributed by atoms with Gasteiger partial charge in [-0.3, -0.25) is 0 Å². The van der Waals surface area contributed by atoms with Crippen LogP contribution in [-0.2, 0) is 6.18 Å². The molecule has 0 aliphatic carbocycles. The molecule has 96 valence electrons. The van der Waals surface area contributed by atoms with Crippen molar-refractivity contribution in [1.29, 1.82) is 0 Å². The normalized spacial score (nSPS) is 11.8. The third-order valence-electron chi connectivity index (χ3n) is 1.92. The fourth-order valence-electron chi connectivity index (χ4n) is 1.25. The highest BCUT2D eigenvalue weighted by molar-refractivity contribution is 9.10. The van der Waals surface area contributed by atoms with Crippen LogP contribution in [-0.4, -0.2) is 19.7 Å². The topological polar surface area (TPSA) is 69.6 Å². The summed E-state index contributed by atoms with van der Waals surface area (Å²) in [5.41, 5.74) is 4.37. The highest BCUT2D eigenvalue weighted by Gasteiger charge is 2.36. The zero-order valence-corrected chi connectivity index (χ0v) is 11.6. The zero-order chi connectivity index (χ0) is 13.5. The van der Waals surface area contributed by atoms with Crippen LogP contribution >= 0.6 is 31.9 Å². The Morgan fingerprint density at radius 1 is 1.28 bits per heavy atom. The van der Waals surface area contributed by atoms with E-state index in [9.17, 15) is 13.2 Å². The summed E-state index contributed by atoms with van der Waals surface area (Å²) in [6.07, 6.45) is -3.33. The van der Waals surface area contributed by atoms with Crippen LogP contribution < -0.4 is 5.73 Å². The van der Waals surface area contributed by atoms with Crippen LogP contribution in [0, 0.1) is 0 Å². The average Bonchev–Trinajstić information content (AvgIpc) is 2.56. The molecule has 0 amide bonds. The minimum Gasteiger partial charge on any atom is -0.366 e. The van der Waals surface area contributed by atoms with Gasteiger partial charge in [-0.15, -0.1) is 5.10 Å². The van der Waals surface area contributed by atoms with Gasteiger partial charge in [-0.1, -0.05) is 0 Å². The third kappa shape index (κ3) is 2.48. The minimum atomic E-state index is -4.56. The molecule has 0 aliphatic heterocycles. The lowest BCUT2D eigenvalue weighted by molar-refractivity contribution is -0.137. The Labute approximate surface area is 115 Å². The maximum atomic E-state index is 12.9. The van der Waals surface area contributed by atoms with Crippen molar-refractivity contribution in [3.63, 3.8) is 0 Å². The van der Waals surface area contributed by atoms with Crippen LogP contribution in [0.1, 0.15) is 5.56 Å². The lowest BCUT2D eigenvalue weighted by Crippen LogP contribution is -2.13. The molecule has 2 N–H and O–H groups in total. The van der Waals surface area contributed by atoms with E-state index in [1.54, 1.807) is 0 Å². The van der Waals surface area contributed by atoms with Crippen molar-refractivity contribution in [2.24, 2.45) is 0 Å². The first-order valence-electron chi connectivity index (χ1n) is 4.40. The summed E-state index contributed by atoms with van der Waals surface area (Å²) in [6.45, 7) is 0. The Morgan fingerprint density at radius 2 is 1.94 bits per heavy atom. The van der Waals surface area contributed by atoms with Gasteiger partial charge in [-0.2, -0.15) is 22.8 Å². The molecule has 10 heteroatoms. The molecule has 0 atom stereocenters. The van der Waals surface area contributed by atoms with Gasteiger partial charge in [0, 0.05) is 10.7 Å². The number of nitrogens with zero attached hydrogens (tertiary/aromatic N) is 4. The molecule has 5 nitrogen and oxygen atoms in total. The van der Waals surface area contributed by atoms with E-state index in [1.807, 2.05) is 0 Å². The van der Waals surface area contributed by atoms with Gasteiger partial charge >= 0.3 is 6.18 Å². The number of alkyl halides is 3. The van der Waals surface area contributed by atoms with Crippen LogP contribution in [0.2, 0.25) is 0 Å². The molecule has 2 aromatic rings. The molecule has 0 aliphatic rings. The summed E-state index contributed by atoms with van der Waals surface area (Å²) < 4.78 is 39.8. The van der Waals surface area contributed by atoms with Gasteiger partial charge in [0.15, 0.2) is 5.82 Å². The highest BCUT2D eigenvalue weighted by atomic mass is 79.9. The predicted molar refractivity (Wildman–Crippen MR) is 64.0 cm³/mol. The molecule has 0 radical (unpaired) electrons. The molecule has 2 aromatic heterocycles. The highest BCUT2D eigenvalue weighted by Crippen LogP contribution is 2.35. The van der Waals surface area contributed by atoms with E-state index >= 15 is 0 Å². The summed E-state index contributed by atoms with van der Waals surface area (Å²) in [4.78, 5) is 7.36. The van der Waals surface area contributed by atoms with E-state index in [4.69, 9.17) is 5.73 Å². The predicted octanol–water partition coefficient (Wildman–Crippen LogP) is 2.79. The molecule has 0 saturated heterocycles. The van der Waals surface area contributed by atoms with E-state index in [0.29, 0.717) is 0 Å². The number of nitrogen functional groups attached to an aromatic ring is 1. The SMILES string of the molecule is Nc1nc(Br)n(-c2ncc(Br)cc2C(F)(F)F)n1. The second-order valence-corrected chi connectivity index (χ2v) is 4.80. The Kier molecular flexibility index (Phi) is 3.32. The molecule has 18 heavy (non-hydrogen) atoms. The number of nitrogens with two attached hydrogens (primary N) is 1. The number of aromatic nitrogens is 4. The van der Waals surface area contributed by atoms with Crippen molar-refractivity contribution in [2.75, 3.05) is 5.73 Å². The minimum absolute atomic E-state index is 0.0420. The first-order valence-corrected chi connectivity index (χ1v) is 5.99. The molecular formula is C8H4Br2F3N5. The Hall–Kier alpha value is -1.16. The summed E-state index contributed by atoms with van der Waals surface area (Å²) in [5, 5.41) is 3.64. The largest absolute Gasteiger partial charge is 0.420 e. The second-order valence-electron chi connectivity index (χ2n) is 3.17. The first-order chi connectivity index (χ1) is 8.29. The van der Waals surface area contributed by atoms with Gasteiger partial charge in [-0.05, 0) is 37.9 Å². The summed E-state index contributed by atoms with van der Waals surface area (Å²) in [7, 11) is 0. The lowest BCUT2D eigenvalue weighted by atomic mass is 10.2. The molecule has 0 aromatic carbocycles. The summed E-state index contributed by atoms with van der Waals surface area (Å²) >= 11 is 5.90. The number of rotatable bonds is 1. The van der Waals surface area contributed by atoms with E-state index in [1.165, 1.54) is 6.20 Å². The van der Waals surface area contributed by atoms with Crippen molar-refractivity contribution in [2.45, 2.75) is 6.18 Å².